The van der Waals surface area contributed by atoms with E-state index in [9.17, 15) is 9.59 Å². The molecule has 164 valence electrons. The lowest BCUT2D eigenvalue weighted by Gasteiger charge is -2.23. The van der Waals surface area contributed by atoms with Gasteiger partial charge in [0.1, 0.15) is 6.04 Å². The quantitative estimate of drug-likeness (QED) is 0.564. The number of carbonyl (C=O) groups excluding carboxylic acids is 1. The number of thiazole rings is 1. The van der Waals surface area contributed by atoms with Gasteiger partial charge < -0.3 is 9.64 Å². The van der Waals surface area contributed by atoms with E-state index in [1.807, 2.05) is 79.7 Å². The first kappa shape index (κ1) is 21.8. The van der Waals surface area contributed by atoms with Crippen LogP contribution in [0.3, 0.4) is 0 Å². The van der Waals surface area contributed by atoms with Crippen molar-refractivity contribution in [2.24, 2.45) is 4.99 Å². The zero-order chi connectivity index (χ0) is 22.8. The van der Waals surface area contributed by atoms with E-state index in [0.717, 1.165) is 16.8 Å². The maximum Gasteiger partial charge on any atom is 0.338 e. The van der Waals surface area contributed by atoms with Gasteiger partial charge in [-0.3, -0.25) is 9.36 Å². The standard InChI is InChI=1S/C25H25N3O3S/c1-5-31-24(30)21-16(2)28-23(29)20(15-17-9-7-6-8-10-17)32-25(28)26-22(21)18-11-13-19(14-12-18)27(3)4/h6-15,22H,5H2,1-4H3/b20-15-/t22-/m0/s1. The van der Waals surface area contributed by atoms with E-state index in [4.69, 9.17) is 9.73 Å². The predicted molar refractivity (Wildman–Crippen MR) is 128 cm³/mol. The molecule has 1 aliphatic rings. The molecule has 1 aliphatic heterocycles. The van der Waals surface area contributed by atoms with Gasteiger partial charge in [-0.1, -0.05) is 53.8 Å². The molecule has 0 spiro atoms. The SMILES string of the molecule is CCOC(=O)C1=C(C)n2c(s/c(=C\c3ccccc3)c2=O)=N[C@H]1c1ccc(N(C)C)cc1. The van der Waals surface area contributed by atoms with Crippen LogP contribution in [0.1, 0.15) is 31.0 Å². The van der Waals surface area contributed by atoms with Crippen LogP contribution in [0.2, 0.25) is 0 Å². The normalized spacial score (nSPS) is 15.9. The lowest BCUT2D eigenvalue weighted by Crippen LogP contribution is -2.35. The lowest BCUT2D eigenvalue weighted by atomic mass is 9.96. The van der Waals surface area contributed by atoms with Crippen molar-refractivity contribution in [3.05, 3.63) is 91.0 Å². The third-order valence-corrected chi connectivity index (χ3v) is 6.35. The summed E-state index contributed by atoms with van der Waals surface area (Å²) in [4.78, 5) is 33.5. The number of hydrogen-bond donors (Lipinski definition) is 0. The molecule has 0 aliphatic carbocycles. The number of aromatic nitrogens is 1. The third kappa shape index (κ3) is 4.03. The highest BCUT2D eigenvalue weighted by Gasteiger charge is 2.31. The fourth-order valence-electron chi connectivity index (χ4n) is 3.71. The van der Waals surface area contributed by atoms with Gasteiger partial charge in [0.15, 0.2) is 4.80 Å². The number of rotatable bonds is 5. The molecule has 0 bridgehead atoms. The van der Waals surface area contributed by atoms with E-state index in [2.05, 4.69) is 0 Å². The van der Waals surface area contributed by atoms with E-state index >= 15 is 0 Å². The van der Waals surface area contributed by atoms with Crippen molar-refractivity contribution in [3.63, 3.8) is 0 Å². The monoisotopic (exact) mass is 447 g/mol. The lowest BCUT2D eigenvalue weighted by molar-refractivity contribution is -0.138. The Morgan fingerprint density at radius 1 is 1.16 bits per heavy atom. The average Bonchev–Trinajstić information content (AvgIpc) is 3.09. The highest BCUT2D eigenvalue weighted by molar-refractivity contribution is 7.07. The molecular formula is C25H25N3O3S. The summed E-state index contributed by atoms with van der Waals surface area (Å²) in [5, 5.41) is 0. The molecule has 6 nitrogen and oxygen atoms in total. The molecule has 1 aromatic heterocycles. The second-order valence-electron chi connectivity index (χ2n) is 7.68. The Morgan fingerprint density at radius 3 is 2.47 bits per heavy atom. The minimum Gasteiger partial charge on any atom is -0.463 e. The first-order chi connectivity index (χ1) is 15.4. The van der Waals surface area contributed by atoms with Gasteiger partial charge in [0.2, 0.25) is 0 Å². The van der Waals surface area contributed by atoms with Crippen LogP contribution in [0.5, 0.6) is 0 Å². The fraction of sp³-hybridized carbons (Fsp3) is 0.240. The number of allylic oxidation sites excluding steroid dienone is 1. The number of carbonyl (C=O) groups is 1. The van der Waals surface area contributed by atoms with Crippen LogP contribution in [0.25, 0.3) is 11.8 Å². The van der Waals surface area contributed by atoms with E-state index in [-0.39, 0.29) is 12.2 Å². The first-order valence-corrected chi connectivity index (χ1v) is 11.2. The highest BCUT2D eigenvalue weighted by Crippen LogP contribution is 2.33. The van der Waals surface area contributed by atoms with Gasteiger partial charge in [-0.25, -0.2) is 9.79 Å². The Kier molecular flexibility index (Phi) is 6.10. The van der Waals surface area contributed by atoms with Gasteiger partial charge in [0.05, 0.1) is 16.7 Å². The van der Waals surface area contributed by atoms with Crippen molar-refractivity contribution < 1.29 is 9.53 Å². The van der Waals surface area contributed by atoms with Crippen LogP contribution in [0.4, 0.5) is 5.69 Å². The zero-order valence-corrected chi connectivity index (χ0v) is 19.3. The molecule has 0 amide bonds. The number of fused-ring (bicyclic) bond motifs is 1. The molecule has 0 saturated carbocycles. The number of benzene rings is 2. The Labute approximate surface area is 190 Å². The molecule has 0 N–H and O–H groups in total. The van der Waals surface area contributed by atoms with Gasteiger partial charge >= 0.3 is 5.97 Å². The molecule has 2 aromatic carbocycles. The third-order valence-electron chi connectivity index (χ3n) is 5.36. The highest BCUT2D eigenvalue weighted by atomic mass is 32.1. The molecule has 4 rings (SSSR count). The van der Waals surface area contributed by atoms with Gasteiger partial charge in [-0.15, -0.1) is 0 Å². The Balaban J connectivity index is 1.91. The summed E-state index contributed by atoms with van der Waals surface area (Å²) >= 11 is 1.33. The van der Waals surface area contributed by atoms with Crippen LogP contribution < -0.4 is 19.8 Å². The summed E-state index contributed by atoms with van der Waals surface area (Å²) in [6.07, 6.45) is 1.85. The topological polar surface area (TPSA) is 63.9 Å². The molecule has 0 fully saturated rings. The Morgan fingerprint density at radius 2 is 1.84 bits per heavy atom. The average molecular weight is 448 g/mol. The summed E-state index contributed by atoms with van der Waals surface area (Å²) in [7, 11) is 3.95. The number of ether oxygens (including phenoxy) is 1. The van der Waals surface area contributed by atoms with Crippen molar-refractivity contribution in [3.8, 4) is 0 Å². The van der Waals surface area contributed by atoms with Gasteiger partial charge in [0, 0.05) is 25.5 Å². The van der Waals surface area contributed by atoms with Gasteiger partial charge in [0.25, 0.3) is 5.56 Å². The number of nitrogens with zero attached hydrogens (tertiary/aromatic N) is 3. The van der Waals surface area contributed by atoms with E-state index < -0.39 is 12.0 Å². The van der Waals surface area contributed by atoms with Crippen LogP contribution in [-0.4, -0.2) is 31.2 Å². The molecule has 2 heterocycles. The van der Waals surface area contributed by atoms with Crippen LogP contribution >= 0.6 is 11.3 Å². The Bertz CT molecular complexity index is 1350. The van der Waals surface area contributed by atoms with Gasteiger partial charge in [-0.05, 0) is 43.2 Å². The molecule has 0 unspecified atom stereocenters. The number of hydrogen-bond acceptors (Lipinski definition) is 6. The van der Waals surface area contributed by atoms with Crippen molar-refractivity contribution in [2.75, 3.05) is 25.6 Å². The van der Waals surface area contributed by atoms with E-state index in [0.29, 0.717) is 20.6 Å². The molecule has 32 heavy (non-hydrogen) atoms. The van der Waals surface area contributed by atoms with Crippen LogP contribution in [0, 0.1) is 0 Å². The molecule has 1 atom stereocenters. The van der Waals surface area contributed by atoms with Crippen molar-refractivity contribution in [1.29, 1.82) is 0 Å². The number of anilines is 1. The van der Waals surface area contributed by atoms with Crippen LogP contribution in [-0.2, 0) is 9.53 Å². The molecule has 0 saturated heterocycles. The minimum absolute atomic E-state index is 0.182. The van der Waals surface area contributed by atoms with Crippen molar-refractivity contribution in [2.45, 2.75) is 19.9 Å². The first-order valence-electron chi connectivity index (χ1n) is 10.4. The molecule has 3 aromatic rings. The summed E-state index contributed by atoms with van der Waals surface area (Å²) in [6, 6.07) is 17.1. The van der Waals surface area contributed by atoms with E-state index in [1.54, 1.807) is 13.8 Å². The molecule has 0 radical (unpaired) electrons. The second kappa shape index (κ2) is 8.96. The van der Waals surface area contributed by atoms with Gasteiger partial charge in [-0.2, -0.15) is 0 Å². The second-order valence-corrected chi connectivity index (χ2v) is 8.69. The largest absolute Gasteiger partial charge is 0.463 e. The maximum atomic E-state index is 13.2. The molecular weight excluding hydrogens is 422 g/mol. The number of esters is 1. The van der Waals surface area contributed by atoms with Crippen LogP contribution in [0.15, 0.2) is 70.0 Å². The fourth-order valence-corrected chi connectivity index (χ4v) is 4.75. The van der Waals surface area contributed by atoms with Crippen molar-refractivity contribution >= 4 is 34.8 Å². The summed E-state index contributed by atoms with van der Waals surface area (Å²) in [5.41, 5.74) is 3.63. The predicted octanol–water partition coefficient (Wildman–Crippen LogP) is 2.97. The summed E-state index contributed by atoms with van der Waals surface area (Å²) < 4.78 is 7.43. The van der Waals surface area contributed by atoms with E-state index in [1.165, 1.54) is 15.9 Å². The smallest absolute Gasteiger partial charge is 0.338 e. The summed E-state index contributed by atoms with van der Waals surface area (Å²) in [6.45, 7) is 3.80. The maximum absolute atomic E-state index is 13.2. The van der Waals surface area contributed by atoms with Crippen molar-refractivity contribution in [1.82, 2.24) is 4.57 Å². The summed E-state index contributed by atoms with van der Waals surface area (Å²) in [5.74, 6) is -0.451. The molecule has 7 heteroatoms. The minimum atomic E-state index is -0.534. The Hall–Kier alpha value is -3.45. The zero-order valence-electron chi connectivity index (χ0n) is 18.5.